The van der Waals surface area contributed by atoms with E-state index < -0.39 is 21.7 Å². The van der Waals surface area contributed by atoms with Crippen LogP contribution in [0, 0.1) is 5.82 Å². The summed E-state index contributed by atoms with van der Waals surface area (Å²) in [6, 6.07) is 12.4. The number of rotatable bonds is 8. The van der Waals surface area contributed by atoms with E-state index >= 15 is 0 Å². The van der Waals surface area contributed by atoms with Crippen LogP contribution in [0.15, 0.2) is 48.5 Å². The molecule has 0 saturated carbocycles. The fourth-order valence-corrected chi connectivity index (χ4v) is 3.13. The molecule has 1 N–H and O–H groups in total. The molecule has 0 saturated heterocycles. The van der Waals surface area contributed by atoms with Crippen molar-refractivity contribution in [3.63, 3.8) is 0 Å². The van der Waals surface area contributed by atoms with Crippen LogP contribution in [0.3, 0.4) is 0 Å². The van der Waals surface area contributed by atoms with Gasteiger partial charge in [0.2, 0.25) is 10.0 Å². The lowest BCUT2D eigenvalue weighted by molar-refractivity contribution is 0.0951. The number of hydrogen-bond donors (Lipinski definition) is 1. The molecule has 0 bridgehead atoms. The maximum Gasteiger partial charge on any atom is 0.251 e. The van der Waals surface area contributed by atoms with Crippen molar-refractivity contribution < 1.29 is 22.3 Å². The summed E-state index contributed by atoms with van der Waals surface area (Å²) in [6.07, 6.45) is 1.12. The third kappa shape index (κ3) is 5.82. The van der Waals surface area contributed by atoms with Gasteiger partial charge in [0, 0.05) is 25.2 Å². The minimum atomic E-state index is -3.46. The molecule has 8 heteroatoms. The first-order valence-corrected chi connectivity index (χ1v) is 9.76. The Labute approximate surface area is 152 Å². The Morgan fingerprint density at radius 1 is 1.19 bits per heavy atom. The van der Waals surface area contributed by atoms with E-state index in [0.29, 0.717) is 5.75 Å². The number of amides is 1. The molecule has 1 amide bonds. The second-order valence-corrected chi connectivity index (χ2v) is 7.69. The van der Waals surface area contributed by atoms with Gasteiger partial charge < -0.3 is 10.1 Å². The van der Waals surface area contributed by atoms with Crippen LogP contribution in [0.4, 0.5) is 4.39 Å². The highest BCUT2D eigenvalue weighted by molar-refractivity contribution is 7.88. The minimum Gasteiger partial charge on any atom is -0.497 e. The molecule has 2 aromatic rings. The molecule has 0 unspecified atom stereocenters. The van der Waals surface area contributed by atoms with Crippen molar-refractivity contribution in [2.75, 3.05) is 26.5 Å². The van der Waals surface area contributed by atoms with E-state index in [-0.39, 0.29) is 25.2 Å². The van der Waals surface area contributed by atoms with E-state index in [1.165, 1.54) is 22.5 Å². The summed E-state index contributed by atoms with van der Waals surface area (Å²) in [7, 11) is -1.90. The van der Waals surface area contributed by atoms with Gasteiger partial charge in [-0.1, -0.05) is 18.2 Å². The van der Waals surface area contributed by atoms with Crippen molar-refractivity contribution in [1.29, 1.82) is 0 Å². The molecule has 0 atom stereocenters. The third-order valence-corrected chi connectivity index (χ3v) is 4.97. The Morgan fingerprint density at radius 3 is 2.46 bits per heavy atom. The van der Waals surface area contributed by atoms with Gasteiger partial charge in [-0.15, -0.1) is 0 Å². The predicted octanol–water partition coefficient (Wildman–Crippen LogP) is 2.03. The number of ether oxygens (including phenoxy) is 1. The van der Waals surface area contributed by atoms with E-state index in [9.17, 15) is 17.6 Å². The molecule has 2 rings (SSSR count). The highest BCUT2D eigenvalue weighted by atomic mass is 32.2. The number of nitrogens with zero attached hydrogens (tertiary/aromatic N) is 1. The van der Waals surface area contributed by atoms with Gasteiger partial charge in [0.25, 0.3) is 5.91 Å². The van der Waals surface area contributed by atoms with Crippen LogP contribution in [0.25, 0.3) is 0 Å². The zero-order valence-electron chi connectivity index (χ0n) is 14.6. The average Bonchev–Trinajstić information content (AvgIpc) is 2.60. The molecular formula is C18H21FN2O4S. The standard InChI is InChI=1S/C18H21FN2O4S/c1-25-17-8-6-14(7-9-17)13-21(26(2,23)24)11-10-20-18(22)15-4-3-5-16(19)12-15/h3-9,12H,10-11,13H2,1-2H3,(H,20,22). The maximum atomic E-state index is 13.2. The first-order valence-electron chi connectivity index (χ1n) is 7.91. The molecule has 0 heterocycles. The Balaban J connectivity index is 1.96. The summed E-state index contributed by atoms with van der Waals surface area (Å²) >= 11 is 0. The van der Waals surface area contributed by atoms with Gasteiger partial charge in [0.15, 0.2) is 0 Å². The van der Waals surface area contributed by atoms with Crippen LogP contribution in [0.5, 0.6) is 5.75 Å². The van der Waals surface area contributed by atoms with Crippen LogP contribution >= 0.6 is 0 Å². The zero-order valence-corrected chi connectivity index (χ0v) is 15.4. The van der Waals surface area contributed by atoms with Gasteiger partial charge in [-0.3, -0.25) is 4.79 Å². The number of benzene rings is 2. The lowest BCUT2D eigenvalue weighted by Gasteiger charge is -2.20. The van der Waals surface area contributed by atoms with Crippen molar-refractivity contribution in [3.05, 3.63) is 65.5 Å². The van der Waals surface area contributed by atoms with Gasteiger partial charge in [-0.2, -0.15) is 4.31 Å². The number of hydrogen-bond acceptors (Lipinski definition) is 4. The topological polar surface area (TPSA) is 75.7 Å². The van der Waals surface area contributed by atoms with Crippen LogP contribution in [0.1, 0.15) is 15.9 Å². The van der Waals surface area contributed by atoms with E-state index in [1.807, 2.05) is 0 Å². The summed E-state index contributed by atoms with van der Waals surface area (Å²) in [4.78, 5) is 12.0. The highest BCUT2D eigenvalue weighted by Gasteiger charge is 2.17. The van der Waals surface area contributed by atoms with Crippen molar-refractivity contribution >= 4 is 15.9 Å². The number of halogens is 1. The monoisotopic (exact) mass is 380 g/mol. The number of carbonyl (C=O) groups is 1. The van der Waals surface area contributed by atoms with Crippen molar-refractivity contribution in [2.24, 2.45) is 0 Å². The lowest BCUT2D eigenvalue weighted by Crippen LogP contribution is -2.37. The first-order chi connectivity index (χ1) is 12.3. The zero-order chi connectivity index (χ0) is 19.2. The van der Waals surface area contributed by atoms with Crippen LogP contribution in [0.2, 0.25) is 0 Å². The van der Waals surface area contributed by atoms with Crippen molar-refractivity contribution in [3.8, 4) is 5.75 Å². The molecular weight excluding hydrogens is 359 g/mol. The summed E-state index contributed by atoms with van der Waals surface area (Å²) < 4.78 is 43.5. The van der Waals surface area contributed by atoms with E-state index in [1.54, 1.807) is 31.4 Å². The smallest absolute Gasteiger partial charge is 0.251 e. The Bertz CT molecular complexity index is 854. The van der Waals surface area contributed by atoms with E-state index in [0.717, 1.165) is 17.9 Å². The van der Waals surface area contributed by atoms with Gasteiger partial charge in [-0.05, 0) is 35.9 Å². The molecule has 6 nitrogen and oxygen atoms in total. The van der Waals surface area contributed by atoms with Crippen LogP contribution < -0.4 is 10.1 Å². The lowest BCUT2D eigenvalue weighted by atomic mass is 10.2. The Kier molecular flexibility index (Phi) is 6.70. The molecule has 0 aliphatic rings. The highest BCUT2D eigenvalue weighted by Crippen LogP contribution is 2.14. The molecule has 0 aliphatic carbocycles. The second kappa shape index (κ2) is 8.77. The molecule has 0 aliphatic heterocycles. The molecule has 2 aromatic carbocycles. The fraction of sp³-hybridized carbons (Fsp3) is 0.278. The minimum absolute atomic E-state index is 0.103. The number of sulfonamides is 1. The first kappa shape index (κ1) is 19.9. The number of methoxy groups -OCH3 is 1. The van der Waals surface area contributed by atoms with Gasteiger partial charge in [-0.25, -0.2) is 12.8 Å². The molecule has 0 spiro atoms. The summed E-state index contributed by atoms with van der Waals surface area (Å²) in [6.45, 7) is 0.392. The van der Waals surface area contributed by atoms with Gasteiger partial charge in [0.1, 0.15) is 11.6 Å². The van der Waals surface area contributed by atoms with Crippen LogP contribution in [-0.4, -0.2) is 45.1 Å². The largest absolute Gasteiger partial charge is 0.497 e. The molecule has 0 fully saturated rings. The van der Waals surface area contributed by atoms with Crippen molar-refractivity contribution in [1.82, 2.24) is 9.62 Å². The summed E-state index contributed by atoms with van der Waals surface area (Å²) in [5, 5.41) is 2.60. The van der Waals surface area contributed by atoms with E-state index in [2.05, 4.69) is 5.32 Å². The quantitative estimate of drug-likeness (QED) is 0.760. The normalized spacial score (nSPS) is 11.4. The van der Waals surface area contributed by atoms with Crippen molar-refractivity contribution in [2.45, 2.75) is 6.54 Å². The SMILES string of the molecule is COc1ccc(CN(CCNC(=O)c2cccc(F)c2)S(C)(=O)=O)cc1. The van der Waals surface area contributed by atoms with Gasteiger partial charge in [0.05, 0.1) is 13.4 Å². The molecule has 0 radical (unpaired) electrons. The summed E-state index contributed by atoms with van der Waals surface area (Å²) in [5.74, 6) is -0.278. The van der Waals surface area contributed by atoms with Gasteiger partial charge >= 0.3 is 0 Å². The fourth-order valence-electron chi connectivity index (χ4n) is 2.32. The Morgan fingerprint density at radius 2 is 1.88 bits per heavy atom. The maximum absolute atomic E-state index is 13.2. The summed E-state index contributed by atoms with van der Waals surface area (Å²) in [5.41, 5.74) is 0.985. The Hall–Kier alpha value is -2.45. The number of carbonyl (C=O) groups excluding carboxylic acids is 1. The van der Waals surface area contributed by atoms with E-state index in [4.69, 9.17) is 4.74 Å². The third-order valence-electron chi connectivity index (χ3n) is 3.72. The molecule has 0 aromatic heterocycles. The molecule has 26 heavy (non-hydrogen) atoms. The molecule has 140 valence electrons. The van der Waals surface area contributed by atoms with Crippen LogP contribution in [-0.2, 0) is 16.6 Å². The second-order valence-electron chi connectivity index (χ2n) is 5.71. The number of nitrogens with one attached hydrogen (secondary N) is 1. The predicted molar refractivity (Wildman–Crippen MR) is 97.0 cm³/mol. The average molecular weight is 380 g/mol.